The van der Waals surface area contributed by atoms with Crippen molar-refractivity contribution in [3.05, 3.63) is 11.8 Å². The van der Waals surface area contributed by atoms with Crippen LogP contribution < -0.4 is 5.73 Å². The molecule has 0 aliphatic carbocycles. The van der Waals surface area contributed by atoms with Crippen LogP contribution in [0.25, 0.3) is 0 Å². The molecular formula is C7H13FN2. The number of nitrogens with two attached hydrogens (primary N) is 1. The molecule has 2 nitrogen and oxygen atoms in total. The van der Waals surface area contributed by atoms with E-state index in [9.17, 15) is 4.39 Å². The molecule has 0 spiro atoms. The summed E-state index contributed by atoms with van der Waals surface area (Å²) in [6.45, 7) is 5.42. The van der Waals surface area contributed by atoms with Gasteiger partial charge in [0.15, 0.2) is 0 Å². The molecular weight excluding hydrogens is 131 g/mol. The first-order chi connectivity index (χ1) is 4.39. The Kier molecular flexibility index (Phi) is 2.57. The third-order valence-corrected chi connectivity index (χ3v) is 1.21. The standard InChI is InChI=1S/C7H13FN2/c1-7(2,3)5(4-9)6(8)10/h4,10H,9H2,1-3H3/b5-4+,10-6?. The molecule has 0 fully saturated rings. The van der Waals surface area contributed by atoms with Gasteiger partial charge < -0.3 is 5.73 Å². The number of halogens is 1. The van der Waals surface area contributed by atoms with Crippen molar-refractivity contribution < 1.29 is 4.39 Å². The monoisotopic (exact) mass is 144 g/mol. The maximum absolute atomic E-state index is 12.3. The molecule has 0 aromatic carbocycles. The highest BCUT2D eigenvalue weighted by atomic mass is 19.1. The molecule has 0 bridgehead atoms. The fourth-order valence-electron chi connectivity index (χ4n) is 0.652. The van der Waals surface area contributed by atoms with Crippen molar-refractivity contribution >= 4 is 5.97 Å². The minimum absolute atomic E-state index is 0.243. The molecule has 0 radical (unpaired) electrons. The molecule has 0 aliphatic heterocycles. The Bertz CT molecular complexity index is 165. The largest absolute Gasteiger partial charge is 0.404 e. The summed E-state index contributed by atoms with van der Waals surface area (Å²) in [7, 11) is 0. The third-order valence-electron chi connectivity index (χ3n) is 1.21. The van der Waals surface area contributed by atoms with E-state index in [0.29, 0.717) is 0 Å². The van der Waals surface area contributed by atoms with E-state index in [1.807, 2.05) is 0 Å². The van der Waals surface area contributed by atoms with Gasteiger partial charge in [-0.2, -0.15) is 4.39 Å². The average molecular weight is 144 g/mol. The maximum atomic E-state index is 12.3. The zero-order valence-corrected chi connectivity index (χ0v) is 6.53. The second kappa shape index (κ2) is 2.82. The van der Waals surface area contributed by atoms with Gasteiger partial charge in [-0.25, -0.2) is 0 Å². The van der Waals surface area contributed by atoms with Crippen molar-refractivity contribution in [2.45, 2.75) is 20.8 Å². The number of nitrogens with one attached hydrogen (secondary N) is 1. The lowest BCUT2D eigenvalue weighted by molar-refractivity contribution is 0.511. The first-order valence-corrected chi connectivity index (χ1v) is 3.06. The minimum atomic E-state index is -0.949. The van der Waals surface area contributed by atoms with Gasteiger partial charge in [0, 0.05) is 11.8 Å². The topological polar surface area (TPSA) is 49.9 Å². The Morgan fingerprint density at radius 1 is 1.50 bits per heavy atom. The summed E-state index contributed by atoms with van der Waals surface area (Å²) >= 11 is 0. The van der Waals surface area contributed by atoms with E-state index in [2.05, 4.69) is 0 Å². The van der Waals surface area contributed by atoms with E-state index in [-0.39, 0.29) is 11.0 Å². The summed E-state index contributed by atoms with van der Waals surface area (Å²) in [5, 5.41) is 6.69. The highest BCUT2D eigenvalue weighted by molar-refractivity contribution is 5.90. The summed E-state index contributed by atoms with van der Waals surface area (Å²) in [6, 6.07) is 0. The Hall–Kier alpha value is -0.860. The van der Waals surface area contributed by atoms with Crippen molar-refractivity contribution in [2.75, 3.05) is 0 Å². The number of allylic oxidation sites excluding steroid dienone is 1. The fourth-order valence-corrected chi connectivity index (χ4v) is 0.652. The quantitative estimate of drug-likeness (QED) is 0.542. The van der Waals surface area contributed by atoms with E-state index in [4.69, 9.17) is 11.1 Å². The Morgan fingerprint density at radius 2 is 1.90 bits per heavy atom. The van der Waals surface area contributed by atoms with Gasteiger partial charge in [0.25, 0.3) is 0 Å². The van der Waals surface area contributed by atoms with Crippen molar-refractivity contribution in [1.82, 2.24) is 0 Å². The van der Waals surface area contributed by atoms with Gasteiger partial charge in [-0.05, 0) is 5.41 Å². The lowest BCUT2D eigenvalue weighted by Crippen LogP contribution is -2.15. The smallest absolute Gasteiger partial charge is 0.210 e. The lowest BCUT2D eigenvalue weighted by atomic mass is 9.87. The molecule has 0 heterocycles. The van der Waals surface area contributed by atoms with E-state index in [1.165, 1.54) is 0 Å². The zero-order chi connectivity index (χ0) is 8.36. The highest BCUT2D eigenvalue weighted by Crippen LogP contribution is 2.25. The van der Waals surface area contributed by atoms with E-state index < -0.39 is 5.97 Å². The third kappa shape index (κ3) is 2.17. The number of hydrogen-bond acceptors (Lipinski definition) is 2. The van der Waals surface area contributed by atoms with Crippen LogP contribution in [0.2, 0.25) is 0 Å². The molecule has 0 aromatic heterocycles. The Balaban J connectivity index is 4.56. The van der Waals surface area contributed by atoms with Crippen LogP contribution in [0.1, 0.15) is 20.8 Å². The molecule has 10 heavy (non-hydrogen) atoms. The van der Waals surface area contributed by atoms with Crippen LogP contribution in [-0.2, 0) is 0 Å². The van der Waals surface area contributed by atoms with Gasteiger partial charge in [-0.3, -0.25) is 5.41 Å². The fraction of sp³-hybridized carbons (Fsp3) is 0.571. The molecule has 3 N–H and O–H groups in total. The summed E-state index contributed by atoms with van der Waals surface area (Å²) in [5.41, 5.74) is 4.99. The van der Waals surface area contributed by atoms with Gasteiger partial charge >= 0.3 is 0 Å². The number of hydrogen-bond donors (Lipinski definition) is 2. The highest BCUT2D eigenvalue weighted by Gasteiger charge is 2.20. The van der Waals surface area contributed by atoms with Crippen LogP contribution in [0.4, 0.5) is 4.39 Å². The number of rotatable bonds is 1. The van der Waals surface area contributed by atoms with E-state index in [0.717, 1.165) is 6.20 Å². The lowest BCUT2D eigenvalue weighted by Gasteiger charge is -2.19. The molecule has 0 amide bonds. The molecule has 0 saturated heterocycles. The molecule has 0 aliphatic rings. The second-order valence-corrected chi connectivity index (χ2v) is 3.14. The van der Waals surface area contributed by atoms with Crippen LogP contribution in [0.15, 0.2) is 11.8 Å². The van der Waals surface area contributed by atoms with Crippen molar-refractivity contribution in [3.8, 4) is 0 Å². The zero-order valence-electron chi connectivity index (χ0n) is 6.53. The van der Waals surface area contributed by atoms with Crippen molar-refractivity contribution in [2.24, 2.45) is 11.1 Å². The van der Waals surface area contributed by atoms with Crippen LogP contribution in [0, 0.1) is 10.8 Å². The predicted octanol–water partition coefficient (Wildman–Crippen LogP) is 1.82. The summed E-state index contributed by atoms with van der Waals surface area (Å²) in [4.78, 5) is 0. The summed E-state index contributed by atoms with van der Waals surface area (Å²) in [6.07, 6.45) is 1.14. The van der Waals surface area contributed by atoms with Crippen LogP contribution in [-0.4, -0.2) is 5.97 Å². The minimum Gasteiger partial charge on any atom is -0.404 e. The molecule has 0 saturated carbocycles. The van der Waals surface area contributed by atoms with E-state index in [1.54, 1.807) is 20.8 Å². The van der Waals surface area contributed by atoms with Gasteiger partial charge in [0.05, 0.1) is 0 Å². The van der Waals surface area contributed by atoms with Crippen molar-refractivity contribution in [1.29, 1.82) is 5.41 Å². The average Bonchev–Trinajstić information content (AvgIpc) is 1.60. The molecule has 0 rings (SSSR count). The normalized spacial score (nSPS) is 13.4. The first-order valence-electron chi connectivity index (χ1n) is 3.06. The Morgan fingerprint density at radius 3 is 1.90 bits per heavy atom. The van der Waals surface area contributed by atoms with Gasteiger partial charge in [0.1, 0.15) is 0 Å². The predicted molar refractivity (Wildman–Crippen MR) is 40.6 cm³/mol. The van der Waals surface area contributed by atoms with Crippen LogP contribution >= 0.6 is 0 Å². The molecule has 58 valence electrons. The molecule has 0 aromatic rings. The van der Waals surface area contributed by atoms with Gasteiger partial charge in [0.2, 0.25) is 5.97 Å². The van der Waals surface area contributed by atoms with E-state index >= 15 is 0 Å². The van der Waals surface area contributed by atoms with Crippen LogP contribution in [0.3, 0.4) is 0 Å². The van der Waals surface area contributed by atoms with Gasteiger partial charge in [-0.1, -0.05) is 20.8 Å². The van der Waals surface area contributed by atoms with Crippen LogP contribution in [0.5, 0.6) is 0 Å². The van der Waals surface area contributed by atoms with Crippen molar-refractivity contribution in [3.63, 3.8) is 0 Å². The maximum Gasteiger partial charge on any atom is 0.210 e. The molecule has 0 atom stereocenters. The first kappa shape index (κ1) is 9.14. The Labute approximate surface area is 60.4 Å². The van der Waals surface area contributed by atoms with Gasteiger partial charge in [-0.15, -0.1) is 0 Å². The molecule has 0 unspecified atom stereocenters. The SMILES string of the molecule is CC(C)(C)/C(=C/N)C(=N)F. The summed E-state index contributed by atoms with van der Waals surface area (Å²) < 4.78 is 12.3. The second-order valence-electron chi connectivity index (χ2n) is 3.14. The summed E-state index contributed by atoms with van der Waals surface area (Å²) in [5.74, 6) is -0.949. The molecule has 3 heteroatoms.